The highest BCUT2D eigenvalue weighted by atomic mass is 16.5. The Morgan fingerprint density at radius 1 is 1.42 bits per heavy atom. The molecular formula is C14H18N4O. The van der Waals surface area contributed by atoms with Crippen LogP contribution >= 0.6 is 0 Å². The monoisotopic (exact) mass is 258 g/mol. The minimum Gasteiger partial charge on any atom is -0.382 e. The third-order valence-corrected chi connectivity index (χ3v) is 3.52. The molecule has 1 saturated carbocycles. The van der Waals surface area contributed by atoms with E-state index in [1.807, 2.05) is 19.9 Å². The van der Waals surface area contributed by atoms with Crippen molar-refractivity contribution in [2.24, 2.45) is 5.92 Å². The molecule has 3 N–H and O–H groups in total. The highest BCUT2D eigenvalue weighted by molar-refractivity contribution is 5.74. The first-order chi connectivity index (χ1) is 9.15. The number of nitrogens with zero attached hydrogens (tertiary/aromatic N) is 2. The van der Waals surface area contributed by atoms with Crippen LogP contribution in [0.1, 0.15) is 24.3 Å². The Bertz CT molecular complexity index is 582. The molecule has 0 radical (unpaired) electrons. The Balaban J connectivity index is 1.91. The minimum atomic E-state index is 0.538. The molecule has 0 aromatic carbocycles. The number of nitrogens with one attached hydrogen (secondary N) is 1. The molecule has 0 atom stereocenters. The lowest BCUT2D eigenvalue weighted by Crippen LogP contribution is -2.07. The normalized spacial score (nSPS) is 14.6. The van der Waals surface area contributed by atoms with Crippen molar-refractivity contribution in [3.63, 3.8) is 0 Å². The van der Waals surface area contributed by atoms with Crippen molar-refractivity contribution in [1.82, 2.24) is 10.1 Å². The van der Waals surface area contributed by atoms with Gasteiger partial charge in [0.15, 0.2) is 0 Å². The molecule has 2 aromatic heterocycles. The summed E-state index contributed by atoms with van der Waals surface area (Å²) in [5.74, 6) is 2.13. The largest absolute Gasteiger partial charge is 0.382 e. The summed E-state index contributed by atoms with van der Waals surface area (Å²) < 4.78 is 5.20. The Morgan fingerprint density at radius 2 is 2.21 bits per heavy atom. The van der Waals surface area contributed by atoms with Gasteiger partial charge in [0.25, 0.3) is 0 Å². The average Bonchev–Trinajstić information content (AvgIpc) is 3.15. The van der Waals surface area contributed by atoms with E-state index in [0.717, 1.165) is 40.7 Å². The molecule has 0 bridgehead atoms. The van der Waals surface area contributed by atoms with Gasteiger partial charge in [-0.3, -0.25) is 0 Å². The van der Waals surface area contributed by atoms with Crippen molar-refractivity contribution in [3.05, 3.63) is 23.7 Å². The fourth-order valence-electron chi connectivity index (χ4n) is 2.23. The maximum atomic E-state index is 5.91. The van der Waals surface area contributed by atoms with E-state index >= 15 is 0 Å². The number of hydrogen-bond donors (Lipinski definition) is 2. The number of anilines is 2. The van der Waals surface area contributed by atoms with E-state index in [9.17, 15) is 0 Å². The van der Waals surface area contributed by atoms with Gasteiger partial charge in [0.2, 0.25) is 0 Å². The van der Waals surface area contributed by atoms with E-state index < -0.39 is 0 Å². The second kappa shape index (κ2) is 4.57. The van der Waals surface area contributed by atoms with Crippen LogP contribution in [-0.4, -0.2) is 16.7 Å². The van der Waals surface area contributed by atoms with Crippen molar-refractivity contribution in [1.29, 1.82) is 0 Å². The van der Waals surface area contributed by atoms with Crippen molar-refractivity contribution >= 4 is 11.5 Å². The zero-order chi connectivity index (χ0) is 13.4. The quantitative estimate of drug-likeness (QED) is 0.881. The summed E-state index contributed by atoms with van der Waals surface area (Å²) in [6, 6.07) is 2.03. The summed E-state index contributed by atoms with van der Waals surface area (Å²) in [6.07, 6.45) is 4.39. The summed E-state index contributed by atoms with van der Waals surface area (Å²) in [5.41, 5.74) is 9.67. The van der Waals surface area contributed by atoms with Gasteiger partial charge in [-0.05, 0) is 38.7 Å². The predicted molar refractivity (Wildman–Crippen MR) is 74.8 cm³/mol. The van der Waals surface area contributed by atoms with Crippen LogP contribution in [0.3, 0.4) is 0 Å². The summed E-state index contributed by atoms with van der Waals surface area (Å²) in [4.78, 5) is 4.26. The first kappa shape index (κ1) is 12.0. The van der Waals surface area contributed by atoms with Gasteiger partial charge < -0.3 is 15.6 Å². The molecule has 1 aliphatic rings. The van der Waals surface area contributed by atoms with Crippen LogP contribution in [0.15, 0.2) is 16.8 Å². The Hall–Kier alpha value is -2.04. The lowest BCUT2D eigenvalue weighted by Gasteiger charge is -2.10. The molecule has 1 aliphatic carbocycles. The highest BCUT2D eigenvalue weighted by Crippen LogP contribution is 2.32. The van der Waals surface area contributed by atoms with Crippen molar-refractivity contribution in [3.8, 4) is 11.1 Å². The molecule has 0 spiro atoms. The van der Waals surface area contributed by atoms with Crippen LogP contribution in [0.25, 0.3) is 11.1 Å². The summed E-state index contributed by atoms with van der Waals surface area (Å²) in [6.45, 7) is 4.80. The lowest BCUT2D eigenvalue weighted by molar-refractivity contribution is 0.393. The summed E-state index contributed by atoms with van der Waals surface area (Å²) >= 11 is 0. The van der Waals surface area contributed by atoms with E-state index in [0.29, 0.717) is 5.82 Å². The molecule has 2 aromatic rings. The molecule has 1 fully saturated rings. The molecule has 5 nitrogen and oxygen atoms in total. The van der Waals surface area contributed by atoms with Gasteiger partial charge in [0.05, 0.1) is 11.4 Å². The number of rotatable bonds is 4. The number of nitrogen functional groups attached to an aromatic ring is 1. The molecule has 100 valence electrons. The molecule has 0 amide bonds. The average molecular weight is 258 g/mol. The van der Waals surface area contributed by atoms with Gasteiger partial charge in [-0.2, -0.15) is 0 Å². The number of nitrogens with two attached hydrogens (primary N) is 1. The summed E-state index contributed by atoms with van der Waals surface area (Å²) in [5, 5.41) is 7.35. The van der Waals surface area contributed by atoms with Gasteiger partial charge in [-0.25, -0.2) is 4.98 Å². The van der Waals surface area contributed by atoms with E-state index in [1.165, 1.54) is 12.8 Å². The van der Waals surface area contributed by atoms with Crippen LogP contribution < -0.4 is 11.1 Å². The predicted octanol–water partition coefficient (Wildman–Crippen LogP) is 2.76. The molecule has 5 heteroatoms. The fraction of sp³-hybridized carbons (Fsp3) is 0.429. The second-order valence-electron chi connectivity index (χ2n) is 5.18. The topological polar surface area (TPSA) is 77.0 Å². The van der Waals surface area contributed by atoms with Crippen molar-refractivity contribution in [2.45, 2.75) is 26.7 Å². The highest BCUT2D eigenvalue weighted by Gasteiger charge is 2.21. The first-order valence-electron chi connectivity index (χ1n) is 6.58. The van der Waals surface area contributed by atoms with E-state index in [1.54, 1.807) is 6.20 Å². The van der Waals surface area contributed by atoms with Gasteiger partial charge in [-0.1, -0.05) is 5.16 Å². The Kier molecular flexibility index (Phi) is 2.89. The third kappa shape index (κ3) is 2.41. The maximum absolute atomic E-state index is 5.91. The smallest absolute Gasteiger partial charge is 0.146 e. The molecule has 0 aliphatic heterocycles. The summed E-state index contributed by atoms with van der Waals surface area (Å²) in [7, 11) is 0. The Labute approximate surface area is 112 Å². The molecular weight excluding hydrogens is 240 g/mol. The van der Waals surface area contributed by atoms with Crippen LogP contribution in [0, 0.1) is 19.8 Å². The van der Waals surface area contributed by atoms with Crippen LogP contribution in [0.5, 0.6) is 0 Å². The third-order valence-electron chi connectivity index (χ3n) is 3.52. The maximum Gasteiger partial charge on any atom is 0.146 e. The first-order valence-corrected chi connectivity index (χ1v) is 6.58. The molecule has 3 rings (SSSR count). The lowest BCUT2D eigenvalue weighted by atomic mass is 10.1. The Morgan fingerprint density at radius 3 is 2.84 bits per heavy atom. The van der Waals surface area contributed by atoms with Gasteiger partial charge in [0.1, 0.15) is 11.6 Å². The molecule has 0 unspecified atom stereocenters. The van der Waals surface area contributed by atoms with Crippen LogP contribution in [0.4, 0.5) is 11.5 Å². The van der Waals surface area contributed by atoms with Crippen LogP contribution in [-0.2, 0) is 0 Å². The number of aromatic nitrogens is 2. The minimum absolute atomic E-state index is 0.538. The van der Waals surface area contributed by atoms with Crippen LogP contribution in [0.2, 0.25) is 0 Å². The number of hydrogen-bond acceptors (Lipinski definition) is 5. The molecule has 2 heterocycles. The molecule has 19 heavy (non-hydrogen) atoms. The molecule has 0 saturated heterocycles. The van der Waals surface area contributed by atoms with Crippen molar-refractivity contribution < 1.29 is 4.52 Å². The van der Waals surface area contributed by atoms with E-state index in [4.69, 9.17) is 10.3 Å². The SMILES string of the molecule is Cc1noc(C)c1-c1cnc(N)c(NCC2CC2)c1. The van der Waals surface area contributed by atoms with Crippen molar-refractivity contribution in [2.75, 3.05) is 17.6 Å². The number of aryl methyl sites for hydroxylation is 2. The van der Waals surface area contributed by atoms with E-state index in [2.05, 4.69) is 15.5 Å². The van der Waals surface area contributed by atoms with Gasteiger partial charge in [0, 0.05) is 23.9 Å². The van der Waals surface area contributed by atoms with E-state index in [-0.39, 0.29) is 0 Å². The van der Waals surface area contributed by atoms with Gasteiger partial charge in [-0.15, -0.1) is 0 Å². The second-order valence-corrected chi connectivity index (χ2v) is 5.18. The zero-order valence-corrected chi connectivity index (χ0v) is 11.2. The van der Waals surface area contributed by atoms with Gasteiger partial charge >= 0.3 is 0 Å². The fourth-order valence-corrected chi connectivity index (χ4v) is 2.23. The standard InChI is InChI=1S/C14H18N4O/c1-8-13(9(2)19-18-8)11-5-12(14(15)17-7-11)16-6-10-3-4-10/h5,7,10,16H,3-4,6H2,1-2H3,(H2,15,17). The number of pyridine rings is 1. The zero-order valence-electron chi connectivity index (χ0n) is 11.2.